The Bertz CT molecular complexity index is 2750. The number of aromatic nitrogens is 2. The first kappa shape index (κ1) is 55.8. The Hall–Kier alpha value is -5.97. The number of carbonyl (C=O) groups is 5. The van der Waals surface area contributed by atoms with Crippen LogP contribution in [0.1, 0.15) is 62.0 Å². The van der Waals surface area contributed by atoms with Gasteiger partial charge in [0.1, 0.15) is 30.1 Å². The summed E-state index contributed by atoms with van der Waals surface area (Å²) in [7, 11) is 4.68. The number of nitrogens with zero attached hydrogens (tertiary/aromatic N) is 6. The second-order valence-corrected chi connectivity index (χ2v) is 20.9. The first-order chi connectivity index (χ1) is 35.1. The minimum atomic E-state index is -1.19. The molecule has 4 aromatic carbocycles. The zero-order valence-corrected chi connectivity index (χ0v) is 45.0. The average Bonchev–Trinajstić information content (AvgIpc) is 4.03. The number of amides is 5. The number of benzene rings is 4. The van der Waals surface area contributed by atoms with Gasteiger partial charge in [-0.3, -0.25) is 24.0 Å². The fourth-order valence-electron chi connectivity index (χ4n) is 10.4. The molecule has 5 atom stereocenters. The zero-order valence-electron chi connectivity index (χ0n) is 42.8. The molecule has 0 radical (unpaired) electrons. The van der Waals surface area contributed by atoms with E-state index >= 15 is 4.79 Å². The summed E-state index contributed by atoms with van der Waals surface area (Å²) < 4.78 is 15.5. The normalized spacial score (nSPS) is 22.1. The van der Waals surface area contributed by atoms with Crippen LogP contribution >= 0.6 is 23.2 Å². The van der Waals surface area contributed by atoms with Gasteiger partial charge in [0.15, 0.2) is 5.82 Å². The Balaban J connectivity index is 0.00000800. The third-order valence-electron chi connectivity index (χ3n) is 15.0. The van der Waals surface area contributed by atoms with Crippen molar-refractivity contribution < 1.29 is 50.3 Å². The highest BCUT2D eigenvalue weighted by Gasteiger charge is 2.39. The molecule has 15 nitrogen and oxygen atoms in total. The van der Waals surface area contributed by atoms with Crippen LogP contribution in [0, 0.1) is 5.92 Å². The van der Waals surface area contributed by atoms with Gasteiger partial charge in [-0.15, -0.1) is 0 Å². The lowest BCUT2D eigenvalue weighted by Gasteiger charge is -2.38. The van der Waals surface area contributed by atoms with Crippen LogP contribution in [0.2, 0.25) is 10.0 Å². The van der Waals surface area contributed by atoms with E-state index in [-0.39, 0.29) is 63.2 Å². The van der Waals surface area contributed by atoms with E-state index in [2.05, 4.69) is 15.2 Å². The molecule has 2 saturated heterocycles. The number of carbonyl (C=O) groups excluding carboxylic acids is 5. The molecule has 3 aliphatic rings. The highest BCUT2D eigenvalue weighted by Crippen LogP contribution is 2.34. The molecule has 0 saturated carbocycles. The molecule has 0 unspecified atom stereocenters. The lowest BCUT2D eigenvalue weighted by atomic mass is 9.93. The lowest BCUT2D eigenvalue weighted by molar-refractivity contribution is -0.933. The van der Waals surface area contributed by atoms with Gasteiger partial charge in [-0.2, -0.15) is 0 Å². The number of halogens is 3. The SMILES string of the molecule is COC[C@@H]1NC(=O)[C@H](C)N(Cc2ccc(Cl)cc2Oc2ccc(-c3cnc4n3CC[N+]3(CCCC3)C4)cc2)C(=O)C[C@@H](Cc2ccccc2)C(=O)N(C)[C@@H](C)CNC(=O)C[C@H](Cc2ccc(Cl)cc2)N(C)C1=O.[Cl-]. The molecule has 74 heavy (non-hydrogen) atoms. The van der Waals surface area contributed by atoms with Gasteiger partial charge in [0.25, 0.3) is 0 Å². The van der Waals surface area contributed by atoms with Crippen LogP contribution in [0.25, 0.3) is 11.3 Å². The molecule has 3 aliphatic heterocycles. The van der Waals surface area contributed by atoms with Crippen molar-refractivity contribution in [2.24, 2.45) is 5.92 Å². The molecule has 4 heterocycles. The minimum absolute atomic E-state index is 0. The van der Waals surface area contributed by atoms with Crippen molar-refractivity contribution in [1.29, 1.82) is 0 Å². The summed E-state index contributed by atoms with van der Waals surface area (Å²) in [6.45, 7) is 8.65. The first-order valence-electron chi connectivity index (χ1n) is 25.2. The predicted octanol–water partition coefficient (Wildman–Crippen LogP) is 4.31. The largest absolute Gasteiger partial charge is 1.00 e. The molecule has 394 valence electrons. The number of methoxy groups -OCH3 is 1. The van der Waals surface area contributed by atoms with Gasteiger partial charge >= 0.3 is 0 Å². The van der Waals surface area contributed by atoms with E-state index in [9.17, 15) is 19.2 Å². The monoisotopic (exact) mass is 1070 g/mol. The van der Waals surface area contributed by atoms with Gasteiger partial charge in [0.05, 0.1) is 57.1 Å². The molecule has 2 fully saturated rings. The van der Waals surface area contributed by atoms with Crippen molar-refractivity contribution in [3.8, 4) is 22.8 Å². The Labute approximate surface area is 450 Å². The van der Waals surface area contributed by atoms with E-state index in [1.165, 1.54) is 42.8 Å². The predicted molar refractivity (Wildman–Crippen MR) is 281 cm³/mol. The number of rotatable bonds is 11. The number of fused-ring (bicyclic) bond motifs is 1. The molecular formula is C56H67Cl3N8O7. The molecule has 8 rings (SSSR count). The number of quaternary nitrogens is 1. The summed E-state index contributed by atoms with van der Waals surface area (Å²) in [4.78, 5) is 81.9. The summed E-state index contributed by atoms with van der Waals surface area (Å²) in [6, 6.07) is 26.1. The van der Waals surface area contributed by atoms with E-state index in [0.717, 1.165) is 52.3 Å². The summed E-state index contributed by atoms with van der Waals surface area (Å²) >= 11 is 12.8. The standard InChI is InChI=1S/C56H66Cl2N8O7.ClH/c1-37-32-60-52(67)31-46(28-40-13-18-44(57)19-14-40)63(4)56(71)48(36-72-5)61-54(69)38(2)65(53(68)29-43(55(70)62(37)3)27-39-11-7-6-8-12-39)34-42-15-20-45(58)30-50(42)73-47-21-16-41(17-22-47)49-33-59-51-35-66(24-9-10-25-66)26-23-64(49)51;/h6-8,11-22,30,33,37-38,43,46,48H,9-10,23-29,31-32,34-36H2,1-5H3,(H-,60,61,67,69);1H/t37-,38-,43+,46-,48-;/m0./s1. The molecule has 5 aromatic rings. The Morgan fingerprint density at radius 1 is 0.784 bits per heavy atom. The van der Waals surface area contributed by atoms with E-state index in [0.29, 0.717) is 33.5 Å². The quantitative estimate of drug-likeness (QED) is 0.186. The zero-order chi connectivity index (χ0) is 51.8. The van der Waals surface area contributed by atoms with Crippen LogP contribution in [-0.2, 0) is 61.2 Å². The Kier molecular flexibility index (Phi) is 18.9. The summed E-state index contributed by atoms with van der Waals surface area (Å²) in [6.07, 6.45) is 4.71. The maximum Gasteiger partial charge on any atom is 0.247 e. The van der Waals surface area contributed by atoms with Crippen LogP contribution in [0.4, 0.5) is 0 Å². The number of hydrogen-bond acceptors (Lipinski definition) is 8. The summed E-state index contributed by atoms with van der Waals surface area (Å²) in [5, 5.41) is 6.79. The third-order valence-corrected chi connectivity index (χ3v) is 15.5. The van der Waals surface area contributed by atoms with Crippen molar-refractivity contribution in [3.63, 3.8) is 0 Å². The minimum Gasteiger partial charge on any atom is -1.00 e. The fraction of sp³-hybridized carbons (Fsp3) is 0.429. The first-order valence-corrected chi connectivity index (χ1v) is 26.0. The number of ether oxygens (including phenoxy) is 2. The fourth-order valence-corrected chi connectivity index (χ4v) is 10.7. The van der Waals surface area contributed by atoms with Gasteiger partial charge < -0.3 is 56.3 Å². The topological polar surface area (TPSA) is 155 Å². The molecule has 2 N–H and O–H groups in total. The second-order valence-electron chi connectivity index (χ2n) is 20.0. The number of imidazole rings is 1. The second kappa shape index (κ2) is 25.0. The molecule has 5 amide bonds. The van der Waals surface area contributed by atoms with Gasteiger partial charge in [-0.25, -0.2) is 4.98 Å². The van der Waals surface area contributed by atoms with Gasteiger partial charge in [0.2, 0.25) is 29.5 Å². The molecule has 0 aliphatic carbocycles. The van der Waals surface area contributed by atoms with E-state index in [4.69, 9.17) is 37.7 Å². The van der Waals surface area contributed by atoms with Crippen LogP contribution in [0.3, 0.4) is 0 Å². The number of likely N-dealkylation sites (N-methyl/N-ethyl adjacent to an activating group) is 2. The highest BCUT2D eigenvalue weighted by molar-refractivity contribution is 6.31. The van der Waals surface area contributed by atoms with Gasteiger partial charge in [-0.1, -0.05) is 71.7 Å². The molecule has 0 bridgehead atoms. The smallest absolute Gasteiger partial charge is 0.247 e. The van der Waals surface area contributed by atoms with Gasteiger partial charge in [0, 0.05) is 86.7 Å². The Morgan fingerprint density at radius 2 is 1.47 bits per heavy atom. The summed E-state index contributed by atoms with van der Waals surface area (Å²) in [5.74, 6) is -1.05. The van der Waals surface area contributed by atoms with Crippen molar-refractivity contribution in [1.82, 2.24) is 34.9 Å². The van der Waals surface area contributed by atoms with Crippen LogP contribution in [0.15, 0.2) is 103 Å². The Morgan fingerprint density at radius 3 is 2.18 bits per heavy atom. The van der Waals surface area contributed by atoms with Crippen LogP contribution < -0.4 is 27.8 Å². The number of hydrogen-bond donors (Lipinski definition) is 2. The third kappa shape index (κ3) is 13.5. The van der Waals surface area contributed by atoms with Crippen molar-refractivity contribution in [2.75, 3.05) is 54.0 Å². The van der Waals surface area contributed by atoms with Crippen LogP contribution in [0.5, 0.6) is 11.5 Å². The van der Waals surface area contributed by atoms with Crippen molar-refractivity contribution >= 4 is 52.7 Å². The highest BCUT2D eigenvalue weighted by atomic mass is 35.5. The molecular weight excluding hydrogens is 1000 g/mol. The molecule has 18 heteroatoms. The lowest BCUT2D eigenvalue weighted by Crippen LogP contribution is -3.00. The van der Waals surface area contributed by atoms with E-state index in [1.54, 1.807) is 56.3 Å². The number of nitrogens with one attached hydrogen (secondary N) is 2. The van der Waals surface area contributed by atoms with E-state index in [1.807, 2.05) is 79.9 Å². The maximum absolute atomic E-state index is 15.1. The van der Waals surface area contributed by atoms with Gasteiger partial charge in [-0.05, 0) is 86.3 Å². The molecule has 1 spiro atoms. The van der Waals surface area contributed by atoms with Crippen molar-refractivity contribution in [3.05, 3.63) is 136 Å². The van der Waals surface area contributed by atoms with Crippen LogP contribution in [-0.4, -0.2) is 136 Å². The average molecular weight is 1070 g/mol. The van der Waals surface area contributed by atoms with Crippen molar-refractivity contribution in [2.45, 2.75) is 96.2 Å². The maximum atomic E-state index is 15.1. The summed E-state index contributed by atoms with van der Waals surface area (Å²) in [5.41, 5.74) is 4.31. The molecule has 1 aromatic heterocycles. The van der Waals surface area contributed by atoms with E-state index < -0.39 is 47.8 Å².